The first-order valence-electron chi connectivity index (χ1n) is 13.3. The van der Waals surface area contributed by atoms with Crippen LogP contribution in [0.4, 0.5) is 29.1 Å². The van der Waals surface area contributed by atoms with Crippen LogP contribution >= 0.6 is 11.6 Å². The fourth-order valence-electron chi connectivity index (χ4n) is 5.70. The van der Waals surface area contributed by atoms with Crippen LogP contribution in [-0.4, -0.2) is 32.6 Å². The van der Waals surface area contributed by atoms with Gasteiger partial charge in [0.2, 0.25) is 0 Å². The third-order valence-corrected chi connectivity index (χ3v) is 7.82. The maximum Gasteiger partial charge on any atom is 0.355 e. The number of hydrogen-bond acceptors (Lipinski definition) is 6. The molecule has 0 bridgehead atoms. The number of pyridine rings is 2. The molecule has 4 aromatic rings. The lowest BCUT2D eigenvalue weighted by Gasteiger charge is -2.36. The minimum absolute atomic E-state index is 0.0703. The minimum atomic E-state index is -1.92. The normalized spacial score (nSPS) is 17.6. The summed E-state index contributed by atoms with van der Waals surface area (Å²) in [5, 5.41) is -0.563. The SMILES string of the molecule is Cc1ccnc(C(C)C)c1-n1c(=O)nc(N2C[C@H](C)C[C@H](C)C2)c2cc(F)c(-c3c(F)c(F)c(F)c(N)c3Cl)nc21. The minimum Gasteiger partial charge on any atom is -0.395 e. The van der Waals surface area contributed by atoms with Crippen LogP contribution in [0.25, 0.3) is 28.0 Å². The van der Waals surface area contributed by atoms with Crippen LogP contribution in [0.2, 0.25) is 5.02 Å². The van der Waals surface area contributed by atoms with Gasteiger partial charge >= 0.3 is 5.69 Å². The molecular formula is C29H29ClF4N6O. The second-order valence-corrected chi connectivity index (χ2v) is 11.5. The summed E-state index contributed by atoms with van der Waals surface area (Å²) < 4.78 is 60.7. The van der Waals surface area contributed by atoms with Crippen LogP contribution in [-0.2, 0) is 0 Å². The molecule has 216 valence electrons. The second-order valence-electron chi connectivity index (χ2n) is 11.2. The Labute approximate surface area is 239 Å². The van der Waals surface area contributed by atoms with E-state index in [0.717, 1.165) is 12.5 Å². The summed E-state index contributed by atoms with van der Waals surface area (Å²) in [5.74, 6) is -5.80. The number of hydrogen-bond donors (Lipinski definition) is 1. The molecule has 3 aromatic heterocycles. The highest BCUT2D eigenvalue weighted by molar-refractivity contribution is 6.35. The molecule has 0 unspecified atom stereocenters. The number of rotatable bonds is 4. The van der Waals surface area contributed by atoms with E-state index in [4.69, 9.17) is 17.3 Å². The van der Waals surface area contributed by atoms with Crippen molar-refractivity contribution in [2.45, 2.75) is 47.0 Å². The largest absolute Gasteiger partial charge is 0.395 e. The second kappa shape index (κ2) is 10.6. The Morgan fingerprint density at radius 3 is 2.34 bits per heavy atom. The number of fused-ring (bicyclic) bond motifs is 1. The zero-order valence-electron chi connectivity index (χ0n) is 23.2. The van der Waals surface area contributed by atoms with Gasteiger partial charge in [0.15, 0.2) is 28.9 Å². The van der Waals surface area contributed by atoms with Crippen molar-refractivity contribution in [1.82, 2.24) is 19.5 Å². The number of aromatic nitrogens is 4. The van der Waals surface area contributed by atoms with Crippen LogP contribution < -0.4 is 16.3 Å². The van der Waals surface area contributed by atoms with Gasteiger partial charge in [-0.3, -0.25) is 4.98 Å². The topological polar surface area (TPSA) is 89.9 Å². The molecule has 0 aliphatic carbocycles. The van der Waals surface area contributed by atoms with Gasteiger partial charge in [0.25, 0.3) is 0 Å². The molecular weight excluding hydrogens is 560 g/mol. The smallest absolute Gasteiger partial charge is 0.355 e. The molecule has 7 nitrogen and oxygen atoms in total. The van der Waals surface area contributed by atoms with Crippen LogP contribution in [0.5, 0.6) is 0 Å². The Hall–Kier alpha value is -3.73. The summed E-state index contributed by atoms with van der Waals surface area (Å²) in [5.41, 5.74) is 3.92. The quantitative estimate of drug-likeness (QED) is 0.126. The summed E-state index contributed by atoms with van der Waals surface area (Å²) in [7, 11) is 0. The van der Waals surface area contributed by atoms with E-state index >= 15 is 8.78 Å². The molecule has 0 spiro atoms. The maximum atomic E-state index is 15.9. The first kappa shape index (κ1) is 28.8. The zero-order chi connectivity index (χ0) is 29.9. The number of aryl methyl sites for hydroxylation is 1. The van der Waals surface area contributed by atoms with E-state index in [1.807, 2.05) is 18.7 Å². The van der Waals surface area contributed by atoms with Gasteiger partial charge in [-0.15, -0.1) is 0 Å². The standard InChI is InChI=1S/C29H29ClF4N6O/c1-12(2)24-26(15(5)6-7-36-24)40-28-16(27(38-29(40)41)39-10-13(3)8-14(4)11-39)9-17(31)25(37-28)18-19(30)23(35)22(34)21(33)20(18)32/h6-7,9,12-14H,8,10-11,35H2,1-5H3/t13-,14+. The number of nitrogen functional groups attached to an aromatic ring is 1. The Balaban J connectivity index is 1.93. The van der Waals surface area contributed by atoms with E-state index in [2.05, 4.69) is 28.8 Å². The number of halogens is 5. The van der Waals surface area contributed by atoms with Crippen LogP contribution in [0.1, 0.15) is 51.3 Å². The zero-order valence-corrected chi connectivity index (χ0v) is 24.0. The molecule has 2 atom stereocenters. The number of piperidine rings is 1. The molecule has 12 heteroatoms. The average Bonchev–Trinajstić information content (AvgIpc) is 2.91. The molecule has 1 aromatic carbocycles. The third-order valence-electron chi connectivity index (χ3n) is 7.43. The van der Waals surface area contributed by atoms with Crippen molar-refractivity contribution in [3.63, 3.8) is 0 Å². The first-order valence-corrected chi connectivity index (χ1v) is 13.6. The van der Waals surface area contributed by atoms with Crippen molar-refractivity contribution in [2.75, 3.05) is 23.7 Å². The van der Waals surface area contributed by atoms with Gasteiger partial charge in [-0.05, 0) is 48.8 Å². The Bertz CT molecular complexity index is 1720. The monoisotopic (exact) mass is 588 g/mol. The Morgan fingerprint density at radius 2 is 1.71 bits per heavy atom. The van der Waals surface area contributed by atoms with Gasteiger partial charge in [-0.25, -0.2) is 31.9 Å². The van der Waals surface area contributed by atoms with Crippen LogP contribution in [0.3, 0.4) is 0 Å². The van der Waals surface area contributed by atoms with Gasteiger partial charge in [0.05, 0.1) is 33.0 Å². The maximum absolute atomic E-state index is 15.9. The summed E-state index contributed by atoms with van der Waals surface area (Å²) in [6.07, 6.45) is 2.58. The van der Waals surface area contributed by atoms with Gasteiger partial charge in [0, 0.05) is 19.3 Å². The highest BCUT2D eigenvalue weighted by Gasteiger charge is 2.31. The van der Waals surface area contributed by atoms with Gasteiger partial charge < -0.3 is 10.6 Å². The van der Waals surface area contributed by atoms with Crippen molar-refractivity contribution < 1.29 is 17.6 Å². The van der Waals surface area contributed by atoms with Crippen molar-refractivity contribution in [3.8, 4) is 16.9 Å². The highest BCUT2D eigenvalue weighted by Crippen LogP contribution is 2.40. The lowest BCUT2D eigenvalue weighted by molar-refractivity contribution is 0.355. The number of benzene rings is 1. The molecule has 1 aliphatic rings. The average molecular weight is 589 g/mol. The van der Waals surface area contributed by atoms with Crippen molar-refractivity contribution in [1.29, 1.82) is 0 Å². The lowest BCUT2D eigenvalue weighted by atomic mass is 9.92. The summed E-state index contributed by atoms with van der Waals surface area (Å²) in [4.78, 5) is 29.0. The van der Waals surface area contributed by atoms with Crippen molar-refractivity contribution in [2.24, 2.45) is 11.8 Å². The molecule has 1 aliphatic heterocycles. The van der Waals surface area contributed by atoms with Crippen LogP contribution in [0.15, 0.2) is 23.1 Å². The summed E-state index contributed by atoms with van der Waals surface area (Å²) in [6.45, 7) is 10.9. The molecule has 0 saturated carbocycles. The molecule has 41 heavy (non-hydrogen) atoms. The fourth-order valence-corrected chi connectivity index (χ4v) is 5.96. The van der Waals surface area contributed by atoms with E-state index < -0.39 is 50.9 Å². The van der Waals surface area contributed by atoms with E-state index in [1.54, 1.807) is 19.2 Å². The predicted octanol–water partition coefficient (Wildman–Crippen LogP) is 6.55. The molecule has 1 fully saturated rings. The molecule has 5 rings (SSSR count). The van der Waals surface area contributed by atoms with E-state index in [0.29, 0.717) is 30.0 Å². The van der Waals surface area contributed by atoms with Gasteiger partial charge in [-0.1, -0.05) is 39.3 Å². The summed E-state index contributed by atoms with van der Waals surface area (Å²) >= 11 is 6.12. The van der Waals surface area contributed by atoms with Crippen LogP contribution in [0, 0.1) is 42.0 Å². The molecule has 4 heterocycles. The highest BCUT2D eigenvalue weighted by atomic mass is 35.5. The number of anilines is 2. The van der Waals surface area contributed by atoms with Crippen molar-refractivity contribution >= 4 is 34.1 Å². The van der Waals surface area contributed by atoms with Crippen molar-refractivity contribution in [3.05, 3.63) is 68.4 Å². The number of nitrogens with zero attached hydrogens (tertiary/aromatic N) is 5. The van der Waals surface area contributed by atoms with E-state index in [9.17, 15) is 13.6 Å². The van der Waals surface area contributed by atoms with Gasteiger partial charge in [0.1, 0.15) is 11.5 Å². The molecule has 0 amide bonds. The number of nitrogens with two attached hydrogens (primary N) is 1. The first-order chi connectivity index (χ1) is 19.3. The molecule has 0 radical (unpaired) electrons. The predicted molar refractivity (Wildman–Crippen MR) is 152 cm³/mol. The molecule has 2 N–H and O–H groups in total. The Morgan fingerprint density at radius 1 is 1.05 bits per heavy atom. The summed E-state index contributed by atoms with van der Waals surface area (Å²) in [6, 6.07) is 2.77. The third kappa shape index (κ3) is 4.79. The molecule has 1 saturated heterocycles. The van der Waals surface area contributed by atoms with Gasteiger partial charge in [-0.2, -0.15) is 4.98 Å². The van der Waals surface area contributed by atoms with E-state index in [1.165, 1.54) is 4.57 Å². The van der Waals surface area contributed by atoms with E-state index in [-0.39, 0.29) is 34.6 Å². The fraction of sp³-hybridized carbons (Fsp3) is 0.379. The Kier molecular flexibility index (Phi) is 7.44. The lowest BCUT2D eigenvalue weighted by Crippen LogP contribution is -2.40.